The summed E-state index contributed by atoms with van der Waals surface area (Å²) < 4.78 is 15.7. The molecule has 8 heteroatoms. The van der Waals surface area contributed by atoms with Crippen molar-refractivity contribution in [2.45, 2.75) is 0 Å². The number of ether oxygens (including phenoxy) is 3. The number of hydrogen-bond acceptors (Lipinski definition) is 6. The zero-order chi connectivity index (χ0) is 21.2. The summed E-state index contributed by atoms with van der Waals surface area (Å²) >= 11 is 0. The maximum absolute atomic E-state index is 12.4. The predicted octanol–water partition coefficient (Wildman–Crippen LogP) is 2.23. The number of rotatable bonds is 9. The molecule has 1 fully saturated rings. The van der Waals surface area contributed by atoms with E-state index in [4.69, 9.17) is 14.2 Å². The lowest BCUT2D eigenvalue weighted by Crippen LogP contribution is -2.40. The molecule has 2 amide bonds. The van der Waals surface area contributed by atoms with Crippen molar-refractivity contribution in [2.24, 2.45) is 0 Å². The zero-order valence-corrected chi connectivity index (χ0v) is 17.1. The molecule has 1 aliphatic heterocycles. The van der Waals surface area contributed by atoms with E-state index in [1.54, 1.807) is 36.3 Å². The van der Waals surface area contributed by atoms with E-state index in [2.05, 4.69) is 10.6 Å². The first-order valence-electron chi connectivity index (χ1n) is 9.88. The van der Waals surface area contributed by atoms with Crippen LogP contribution in [0.25, 0.3) is 0 Å². The molecule has 8 nitrogen and oxygen atoms in total. The van der Waals surface area contributed by atoms with E-state index in [0.717, 1.165) is 11.4 Å². The van der Waals surface area contributed by atoms with E-state index in [-0.39, 0.29) is 18.4 Å². The third kappa shape index (κ3) is 6.47. The van der Waals surface area contributed by atoms with E-state index in [9.17, 15) is 9.59 Å². The molecule has 160 valence electrons. The SMILES string of the molecule is COCCOc1ccc(NCC(=O)Nc2ccc(C(=O)N3CCOCC3)cc2)cc1. The number of anilines is 2. The summed E-state index contributed by atoms with van der Waals surface area (Å²) in [5, 5.41) is 5.89. The summed E-state index contributed by atoms with van der Waals surface area (Å²) in [5.74, 6) is 0.545. The van der Waals surface area contributed by atoms with Crippen molar-refractivity contribution in [3.8, 4) is 5.75 Å². The van der Waals surface area contributed by atoms with Crippen LogP contribution in [0.15, 0.2) is 48.5 Å². The van der Waals surface area contributed by atoms with E-state index in [1.165, 1.54) is 0 Å². The molecular formula is C22H27N3O5. The van der Waals surface area contributed by atoms with Crippen molar-refractivity contribution in [1.29, 1.82) is 0 Å². The number of methoxy groups -OCH3 is 1. The van der Waals surface area contributed by atoms with Gasteiger partial charge in [-0.1, -0.05) is 0 Å². The summed E-state index contributed by atoms with van der Waals surface area (Å²) in [5.41, 5.74) is 2.05. The Balaban J connectivity index is 1.43. The summed E-state index contributed by atoms with van der Waals surface area (Å²) in [4.78, 5) is 26.4. The Morgan fingerprint density at radius 1 is 0.967 bits per heavy atom. The molecule has 2 aromatic carbocycles. The molecule has 1 saturated heterocycles. The van der Waals surface area contributed by atoms with E-state index in [1.807, 2.05) is 24.3 Å². The number of carbonyl (C=O) groups excluding carboxylic acids is 2. The highest BCUT2D eigenvalue weighted by molar-refractivity contribution is 5.96. The van der Waals surface area contributed by atoms with Crippen LogP contribution in [0.4, 0.5) is 11.4 Å². The molecule has 3 rings (SSSR count). The van der Waals surface area contributed by atoms with Crippen LogP contribution in [0.1, 0.15) is 10.4 Å². The molecule has 0 aromatic heterocycles. The number of hydrogen-bond donors (Lipinski definition) is 2. The van der Waals surface area contributed by atoms with Gasteiger partial charge in [0, 0.05) is 37.1 Å². The van der Waals surface area contributed by atoms with Gasteiger partial charge in [0.1, 0.15) is 12.4 Å². The van der Waals surface area contributed by atoms with Gasteiger partial charge in [0.15, 0.2) is 0 Å². The highest BCUT2D eigenvalue weighted by Crippen LogP contribution is 2.16. The monoisotopic (exact) mass is 413 g/mol. The molecule has 0 bridgehead atoms. The molecule has 2 aromatic rings. The van der Waals surface area contributed by atoms with Crippen molar-refractivity contribution in [1.82, 2.24) is 4.90 Å². The molecule has 0 radical (unpaired) electrons. The maximum atomic E-state index is 12.4. The highest BCUT2D eigenvalue weighted by atomic mass is 16.5. The third-order valence-corrected chi connectivity index (χ3v) is 4.58. The number of benzene rings is 2. The van der Waals surface area contributed by atoms with Crippen molar-refractivity contribution in [2.75, 3.05) is 63.8 Å². The third-order valence-electron chi connectivity index (χ3n) is 4.58. The molecule has 0 unspecified atom stereocenters. The predicted molar refractivity (Wildman–Crippen MR) is 114 cm³/mol. The largest absolute Gasteiger partial charge is 0.491 e. The van der Waals surface area contributed by atoms with Gasteiger partial charge in [-0.3, -0.25) is 9.59 Å². The highest BCUT2D eigenvalue weighted by Gasteiger charge is 2.18. The fraction of sp³-hybridized carbons (Fsp3) is 0.364. The molecule has 1 aliphatic rings. The van der Waals surface area contributed by atoms with Gasteiger partial charge in [-0.15, -0.1) is 0 Å². The first kappa shape index (κ1) is 21.6. The van der Waals surface area contributed by atoms with Gasteiger partial charge in [-0.05, 0) is 48.5 Å². The van der Waals surface area contributed by atoms with Crippen LogP contribution in [-0.4, -0.2) is 69.9 Å². The molecule has 2 N–H and O–H groups in total. The first-order valence-corrected chi connectivity index (χ1v) is 9.88. The van der Waals surface area contributed by atoms with Crippen LogP contribution in [0.2, 0.25) is 0 Å². The lowest BCUT2D eigenvalue weighted by Gasteiger charge is -2.26. The lowest BCUT2D eigenvalue weighted by molar-refractivity contribution is -0.114. The lowest BCUT2D eigenvalue weighted by atomic mass is 10.1. The van der Waals surface area contributed by atoms with Gasteiger partial charge < -0.3 is 29.7 Å². The second-order valence-corrected chi connectivity index (χ2v) is 6.75. The number of carbonyl (C=O) groups is 2. The average Bonchev–Trinajstić information content (AvgIpc) is 2.79. The second-order valence-electron chi connectivity index (χ2n) is 6.75. The van der Waals surface area contributed by atoms with Crippen molar-refractivity contribution in [3.05, 3.63) is 54.1 Å². The first-order chi connectivity index (χ1) is 14.7. The molecule has 0 aliphatic carbocycles. The minimum atomic E-state index is -0.178. The molecule has 30 heavy (non-hydrogen) atoms. The Morgan fingerprint density at radius 3 is 2.30 bits per heavy atom. The minimum Gasteiger partial charge on any atom is -0.491 e. The van der Waals surface area contributed by atoms with E-state index in [0.29, 0.717) is 50.8 Å². The second kappa shape index (κ2) is 11.2. The summed E-state index contributed by atoms with van der Waals surface area (Å²) in [6.45, 7) is 3.47. The van der Waals surface area contributed by atoms with Crippen LogP contribution in [0, 0.1) is 0 Å². The van der Waals surface area contributed by atoms with Gasteiger partial charge in [-0.2, -0.15) is 0 Å². The molecule has 1 heterocycles. The van der Waals surface area contributed by atoms with Crippen molar-refractivity contribution >= 4 is 23.2 Å². The average molecular weight is 413 g/mol. The number of morpholine rings is 1. The quantitative estimate of drug-likeness (QED) is 0.613. The van der Waals surface area contributed by atoms with Crippen LogP contribution in [0.3, 0.4) is 0 Å². The topological polar surface area (TPSA) is 89.1 Å². The Morgan fingerprint density at radius 2 is 1.63 bits per heavy atom. The smallest absolute Gasteiger partial charge is 0.254 e. The summed E-state index contributed by atoms with van der Waals surface area (Å²) in [6.07, 6.45) is 0. The van der Waals surface area contributed by atoms with Crippen LogP contribution in [0.5, 0.6) is 5.75 Å². The molecule has 0 saturated carbocycles. The Kier molecular flexibility index (Phi) is 8.05. The Labute approximate surface area is 176 Å². The van der Waals surface area contributed by atoms with Crippen LogP contribution >= 0.6 is 0 Å². The number of amides is 2. The standard InChI is InChI=1S/C22H27N3O5/c1-28-14-15-30-20-8-6-18(7-9-20)23-16-21(26)24-19-4-2-17(3-5-19)22(27)25-10-12-29-13-11-25/h2-9,23H,10-16H2,1H3,(H,24,26). The van der Waals surface area contributed by atoms with Crippen molar-refractivity contribution in [3.63, 3.8) is 0 Å². The normalized spacial score (nSPS) is 13.6. The fourth-order valence-corrected chi connectivity index (χ4v) is 2.94. The zero-order valence-electron chi connectivity index (χ0n) is 17.1. The van der Waals surface area contributed by atoms with Gasteiger partial charge in [0.25, 0.3) is 5.91 Å². The fourth-order valence-electron chi connectivity index (χ4n) is 2.94. The summed E-state index contributed by atoms with van der Waals surface area (Å²) in [6, 6.07) is 14.3. The van der Waals surface area contributed by atoms with Crippen molar-refractivity contribution < 1.29 is 23.8 Å². The van der Waals surface area contributed by atoms with E-state index < -0.39 is 0 Å². The molecular weight excluding hydrogens is 386 g/mol. The Hall–Kier alpha value is -3.10. The Bertz CT molecular complexity index is 818. The minimum absolute atomic E-state index is 0.0208. The number of nitrogens with zero attached hydrogens (tertiary/aromatic N) is 1. The molecule has 0 atom stereocenters. The van der Waals surface area contributed by atoms with Crippen LogP contribution in [-0.2, 0) is 14.3 Å². The number of nitrogens with one attached hydrogen (secondary N) is 2. The van der Waals surface area contributed by atoms with E-state index >= 15 is 0 Å². The molecule has 0 spiro atoms. The van der Waals surface area contributed by atoms with Crippen LogP contribution < -0.4 is 15.4 Å². The van der Waals surface area contributed by atoms with Gasteiger partial charge in [0.05, 0.1) is 26.4 Å². The summed E-state index contributed by atoms with van der Waals surface area (Å²) in [7, 11) is 1.63. The van der Waals surface area contributed by atoms with Gasteiger partial charge >= 0.3 is 0 Å². The van der Waals surface area contributed by atoms with Gasteiger partial charge in [0.2, 0.25) is 5.91 Å². The van der Waals surface area contributed by atoms with Gasteiger partial charge in [-0.25, -0.2) is 0 Å². The maximum Gasteiger partial charge on any atom is 0.254 e.